The molecule has 19 heavy (non-hydrogen) atoms. The highest BCUT2D eigenvalue weighted by Gasteiger charge is 2.17. The molecule has 1 aliphatic heterocycles. The molecule has 0 saturated heterocycles. The first-order valence-corrected chi connectivity index (χ1v) is 10.9. The van der Waals surface area contributed by atoms with Gasteiger partial charge in [-0.2, -0.15) is 0 Å². The van der Waals surface area contributed by atoms with Crippen LogP contribution >= 0.6 is 20.7 Å². The van der Waals surface area contributed by atoms with Crippen LogP contribution in [0.15, 0.2) is 0 Å². The molecule has 0 saturated carbocycles. The molecule has 0 fully saturated rings. The first-order valence-electron chi connectivity index (χ1n) is 8.17. The Hall–Kier alpha value is 0.270. The molecule has 2 atom stereocenters. The lowest BCUT2D eigenvalue weighted by Crippen LogP contribution is -2.13. The Bertz CT molecular complexity index is 272. The van der Waals surface area contributed by atoms with Crippen LogP contribution < -0.4 is 0 Å². The summed E-state index contributed by atoms with van der Waals surface area (Å²) in [4.78, 5) is 11.9. The fraction of sp³-hybridized carbons (Fsp3) is 0.882. The zero-order valence-electron chi connectivity index (χ0n) is 12.8. The van der Waals surface area contributed by atoms with Gasteiger partial charge in [0.05, 0.1) is 0 Å². The lowest BCUT2D eigenvalue weighted by Gasteiger charge is -2.11. The average Bonchev–Trinajstić information content (AvgIpc) is 2.93. The van der Waals surface area contributed by atoms with Crippen molar-refractivity contribution in [2.75, 3.05) is 4.43 Å². The van der Waals surface area contributed by atoms with Gasteiger partial charge in [-0.3, -0.25) is 4.79 Å². The van der Waals surface area contributed by atoms with E-state index in [-0.39, 0.29) is 20.7 Å². The molecule has 112 valence electrons. The third-order valence-corrected chi connectivity index (χ3v) is 6.73. The molecule has 0 amide bonds. The molecule has 2 heteroatoms. The normalized spacial score (nSPS) is 20.2. The van der Waals surface area contributed by atoms with Crippen molar-refractivity contribution >= 4 is 30.5 Å². The van der Waals surface area contributed by atoms with Gasteiger partial charge in [0.25, 0.3) is 0 Å². The predicted octanol–water partition coefficient (Wildman–Crippen LogP) is 5.52. The average molecular weight is 378 g/mol. The van der Waals surface area contributed by atoms with Gasteiger partial charge in [0.2, 0.25) is 0 Å². The van der Waals surface area contributed by atoms with Crippen molar-refractivity contribution in [3.8, 4) is 0 Å². The van der Waals surface area contributed by atoms with Crippen molar-refractivity contribution in [1.82, 2.24) is 0 Å². The quantitative estimate of drug-likeness (QED) is 0.263. The minimum absolute atomic E-state index is 0.282. The lowest BCUT2D eigenvalue weighted by atomic mass is 9.94. The van der Waals surface area contributed by atoms with E-state index in [0.717, 1.165) is 18.8 Å². The minimum Gasteiger partial charge on any atom is -0.299 e. The van der Waals surface area contributed by atoms with E-state index in [1.807, 2.05) is 0 Å². The van der Waals surface area contributed by atoms with Gasteiger partial charge in [-0.05, 0) is 27.2 Å². The largest absolute Gasteiger partial charge is 0.299 e. The van der Waals surface area contributed by atoms with E-state index in [1.165, 1.54) is 55.8 Å². The Morgan fingerprint density at radius 3 is 2.58 bits per heavy atom. The Morgan fingerprint density at radius 1 is 1.21 bits per heavy atom. The SMILES string of the molecule is CCCCCC[C@H](C)CCCCC(=O)C1C=ICC1. The molecule has 0 radical (unpaired) electrons. The number of rotatable bonds is 11. The van der Waals surface area contributed by atoms with E-state index in [0.29, 0.717) is 11.7 Å². The number of Topliss-reactive ketones (excluding diaryl/α,β-unsaturated/α-hetero) is 1. The van der Waals surface area contributed by atoms with Crippen LogP contribution in [0, 0.1) is 11.8 Å². The molecule has 0 N–H and O–H groups in total. The molecule has 0 aromatic rings. The Balaban J connectivity index is 1.94. The molecular formula is C17H31IO. The third kappa shape index (κ3) is 8.21. The van der Waals surface area contributed by atoms with Gasteiger partial charge in [-0.15, -0.1) is 20.7 Å². The van der Waals surface area contributed by atoms with Gasteiger partial charge in [0.15, 0.2) is 0 Å². The third-order valence-electron chi connectivity index (χ3n) is 4.10. The molecule has 1 rings (SSSR count). The molecule has 0 bridgehead atoms. The molecule has 0 aromatic carbocycles. The highest BCUT2D eigenvalue weighted by molar-refractivity contribution is 14.2. The number of ketones is 1. The zero-order valence-corrected chi connectivity index (χ0v) is 15.0. The number of carbonyl (C=O) groups excluding carboxylic acids is 1. The molecule has 1 heterocycles. The zero-order chi connectivity index (χ0) is 13.9. The van der Waals surface area contributed by atoms with Crippen LogP contribution in [0.5, 0.6) is 0 Å². The summed E-state index contributed by atoms with van der Waals surface area (Å²) >= 11 is 0.282. The molecule has 1 nitrogen and oxygen atoms in total. The summed E-state index contributed by atoms with van der Waals surface area (Å²) in [5, 5.41) is 0. The number of hydrogen-bond donors (Lipinski definition) is 0. The monoisotopic (exact) mass is 378 g/mol. The van der Waals surface area contributed by atoms with E-state index in [2.05, 4.69) is 17.9 Å². The number of alkyl halides is 1. The molecule has 0 spiro atoms. The smallest absolute Gasteiger partial charge is 0.140 e. The topological polar surface area (TPSA) is 17.1 Å². The second kappa shape index (κ2) is 11.0. The molecule has 0 aliphatic carbocycles. The standard InChI is InChI=1S/C17H31IO/c1-3-4-5-6-9-15(2)10-7-8-11-17(19)16-12-13-18-14-16/h14-16H,3-13H2,1-2H3/t15-,16?/m0/s1. The summed E-state index contributed by atoms with van der Waals surface area (Å²) in [5.74, 6) is 1.75. The molecule has 1 unspecified atom stereocenters. The summed E-state index contributed by atoms with van der Waals surface area (Å²) in [5.41, 5.74) is 0. The highest BCUT2D eigenvalue weighted by atomic mass is 127. The number of unbranched alkanes of at least 4 members (excludes halogenated alkanes) is 4. The lowest BCUT2D eigenvalue weighted by molar-refractivity contribution is -0.120. The molecule has 0 aromatic heterocycles. The van der Waals surface area contributed by atoms with Crippen LogP contribution in [0.1, 0.15) is 78.1 Å². The minimum atomic E-state index is 0.282. The van der Waals surface area contributed by atoms with Crippen molar-refractivity contribution in [2.24, 2.45) is 11.8 Å². The van der Waals surface area contributed by atoms with Crippen molar-refractivity contribution in [1.29, 1.82) is 0 Å². The Morgan fingerprint density at radius 2 is 1.95 bits per heavy atom. The summed E-state index contributed by atoms with van der Waals surface area (Å²) in [7, 11) is 0. The van der Waals surface area contributed by atoms with E-state index in [1.54, 1.807) is 0 Å². The number of carbonyl (C=O) groups is 1. The molecular weight excluding hydrogens is 347 g/mol. The Labute approximate surface area is 129 Å². The fourth-order valence-electron chi connectivity index (χ4n) is 2.69. The van der Waals surface area contributed by atoms with Gasteiger partial charge in [0, 0.05) is 12.3 Å². The van der Waals surface area contributed by atoms with Crippen LogP contribution in [-0.2, 0) is 4.79 Å². The number of halogens is 1. The van der Waals surface area contributed by atoms with Crippen molar-refractivity contribution in [2.45, 2.75) is 78.1 Å². The van der Waals surface area contributed by atoms with E-state index in [9.17, 15) is 4.79 Å². The van der Waals surface area contributed by atoms with Crippen molar-refractivity contribution in [3.05, 3.63) is 0 Å². The van der Waals surface area contributed by atoms with Gasteiger partial charge < -0.3 is 0 Å². The number of hydrogen-bond acceptors (Lipinski definition) is 1. The van der Waals surface area contributed by atoms with Crippen molar-refractivity contribution < 1.29 is 4.79 Å². The highest BCUT2D eigenvalue weighted by Crippen LogP contribution is 2.22. The second-order valence-electron chi connectivity index (χ2n) is 6.03. The van der Waals surface area contributed by atoms with Crippen LogP contribution in [0.4, 0.5) is 0 Å². The van der Waals surface area contributed by atoms with E-state index < -0.39 is 0 Å². The summed E-state index contributed by atoms with van der Waals surface area (Å²) < 4.78 is 3.68. The van der Waals surface area contributed by atoms with Crippen LogP contribution in [0.2, 0.25) is 0 Å². The fourth-order valence-corrected chi connectivity index (χ4v) is 5.45. The Kier molecular flexibility index (Phi) is 10.0. The summed E-state index contributed by atoms with van der Waals surface area (Å²) in [6.45, 7) is 4.65. The predicted molar refractivity (Wildman–Crippen MR) is 94.5 cm³/mol. The van der Waals surface area contributed by atoms with E-state index >= 15 is 0 Å². The van der Waals surface area contributed by atoms with Gasteiger partial charge >= 0.3 is 0 Å². The van der Waals surface area contributed by atoms with E-state index in [4.69, 9.17) is 0 Å². The molecule has 1 aliphatic rings. The van der Waals surface area contributed by atoms with Gasteiger partial charge in [-0.25, -0.2) is 0 Å². The second-order valence-corrected chi connectivity index (χ2v) is 8.71. The van der Waals surface area contributed by atoms with Crippen LogP contribution in [-0.4, -0.2) is 14.2 Å². The summed E-state index contributed by atoms with van der Waals surface area (Å²) in [6.07, 6.45) is 12.6. The van der Waals surface area contributed by atoms with Gasteiger partial charge in [0.1, 0.15) is 5.78 Å². The van der Waals surface area contributed by atoms with Crippen molar-refractivity contribution in [3.63, 3.8) is 0 Å². The maximum Gasteiger partial charge on any atom is 0.140 e. The van der Waals surface area contributed by atoms with Gasteiger partial charge in [-0.1, -0.05) is 58.8 Å². The van der Waals surface area contributed by atoms with Crippen LogP contribution in [0.25, 0.3) is 0 Å². The maximum atomic E-state index is 11.9. The van der Waals surface area contributed by atoms with Crippen LogP contribution in [0.3, 0.4) is 0 Å². The summed E-state index contributed by atoms with van der Waals surface area (Å²) in [6, 6.07) is 0. The maximum absolute atomic E-state index is 11.9. The first-order chi connectivity index (χ1) is 9.24. The first kappa shape index (κ1) is 17.3.